The molecule has 1 aliphatic rings. The smallest absolute Gasteiger partial charge is 0.412 e. The van der Waals surface area contributed by atoms with E-state index in [2.05, 4.69) is 47.7 Å². The number of thioether (sulfide) groups is 1. The van der Waals surface area contributed by atoms with Crippen LogP contribution in [0.15, 0.2) is 84.9 Å². The molecule has 0 spiro atoms. The van der Waals surface area contributed by atoms with Gasteiger partial charge in [-0.05, 0) is 48.0 Å². The Bertz CT molecular complexity index is 1250. The number of carbonyl (C=O) groups is 1. The van der Waals surface area contributed by atoms with E-state index in [9.17, 15) is 9.90 Å². The molecule has 1 fully saturated rings. The molecule has 1 saturated heterocycles. The highest BCUT2D eigenvalue weighted by Crippen LogP contribution is 2.50. The predicted octanol–water partition coefficient (Wildman–Crippen LogP) is 8.21. The van der Waals surface area contributed by atoms with Gasteiger partial charge in [0.2, 0.25) is 8.32 Å². The van der Waals surface area contributed by atoms with Crippen molar-refractivity contribution in [2.75, 3.05) is 6.26 Å². The lowest BCUT2D eigenvalue weighted by Crippen LogP contribution is -2.51. The Hall–Kier alpha value is -2.74. The molecule has 0 unspecified atom stereocenters. The molecule has 0 aliphatic carbocycles. The number of hydrogen-bond donors (Lipinski definition) is 1. The van der Waals surface area contributed by atoms with Crippen LogP contribution in [0.2, 0.25) is 18.1 Å². The second-order valence-electron chi connectivity index (χ2n) is 12.4. The van der Waals surface area contributed by atoms with Crippen molar-refractivity contribution < 1.29 is 19.1 Å². The SMILES string of the molecule is CS[C@@H]([C@@H](O)c1cccc(O[Si](C)(C)C(C)(C)C)c1)N1C(=O)OC(c2ccccc2)(c2ccccc2)[C@@H]1C(C)C. The van der Waals surface area contributed by atoms with E-state index in [0.29, 0.717) is 5.56 Å². The van der Waals surface area contributed by atoms with Crippen molar-refractivity contribution in [3.63, 3.8) is 0 Å². The first-order valence-corrected chi connectivity index (χ1v) is 18.2. The van der Waals surface area contributed by atoms with Crippen LogP contribution in [0.4, 0.5) is 4.79 Å². The van der Waals surface area contributed by atoms with Gasteiger partial charge in [-0.1, -0.05) is 107 Å². The summed E-state index contributed by atoms with van der Waals surface area (Å²) in [6.07, 6.45) is 0.548. The van der Waals surface area contributed by atoms with Gasteiger partial charge in [0, 0.05) is 11.1 Å². The maximum Gasteiger partial charge on any atom is 0.412 e. The number of aliphatic hydroxyl groups excluding tert-OH is 1. The second-order valence-corrected chi connectivity index (χ2v) is 18.1. The largest absolute Gasteiger partial charge is 0.543 e. The van der Waals surface area contributed by atoms with E-state index in [1.165, 1.54) is 11.8 Å². The van der Waals surface area contributed by atoms with E-state index in [1.807, 2.05) is 91.2 Å². The molecule has 0 aromatic heterocycles. The van der Waals surface area contributed by atoms with Crippen LogP contribution < -0.4 is 4.43 Å². The molecule has 40 heavy (non-hydrogen) atoms. The summed E-state index contributed by atoms with van der Waals surface area (Å²) in [5, 5.41) is 11.3. The quantitative estimate of drug-likeness (QED) is 0.260. The molecule has 0 bridgehead atoms. The molecule has 1 amide bonds. The van der Waals surface area contributed by atoms with Gasteiger partial charge in [-0.15, -0.1) is 11.8 Å². The third kappa shape index (κ3) is 5.56. The minimum Gasteiger partial charge on any atom is -0.543 e. The van der Waals surface area contributed by atoms with E-state index in [0.717, 1.165) is 16.9 Å². The highest BCUT2D eigenvalue weighted by atomic mass is 32.2. The molecule has 4 rings (SSSR count). The number of aliphatic hydroxyl groups is 1. The monoisotopic (exact) mass is 577 g/mol. The molecule has 1 N–H and O–H groups in total. The maximum atomic E-state index is 13.9. The average molecular weight is 578 g/mol. The van der Waals surface area contributed by atoms with Crippen LogP contribution in [0.5, 0.6) is 5.75 Å². The summed E-state index contributed by atoms with van der Waals surface area (Å²) in [4.78, 5) is 15.7. The van der Waals surface area contributed by atoms with Crippen LogP contribution in [0.25, 0.3) is 0 Å². The highest BCUT2D eigenvalue weighted by Gasteiger charge is 2.59. The fourth-order valence-electron chi connectivity index (χ4n) is 5.38. The fraction of sp³-hybridized carbons (Fsp3) is 0.424. The lowest BCUT2D eigenvalue weighted by molar-refractivity contribution is 0.0479. The molecule has 5 nitrogen and oxygen atoms in total. The van der Waals surface area contributed by atoms with Crippen LogP contribution in [-0.4, -0.2) is 42.1 Å². The molecule has 3 aromatic carbocycles. The van der Waals surface area contributed by atoms with Gasteiger partial charge in [0.05, 0.1) is 6.04 Å². The number of carbonyl (C=O) groups excluding carboxylic acids is 1. The van der Waals surface area contributed by atoms with Gasteiger partial charge in [0.15, 0.2) is 5.60 Å². The normalized spacial score (nSPS) is 18.9. The van der Waals surface area contributed by atoms with E-state index < -0.39 is 31.5 Å². The van der Waals surface area contributed by atoms with Gasteiger partial charge >= 0.3 is 6.09 Å². The molecule has 0 saturated carbocycles. The number of rotatable bonds is 9. The summed E-state index contributed by atoms with van der Waals surface area (Å²) in [6.45, 7) is 15.3. The third-order valence-corrected chi connectivity index (χ3v) is 13.7. The van der Waals surface area contributed by atoms with E-state index in [1.54, 1.807) is 4.90 Å². The van der Waals surface area contributed by atoms with Gasteiger partial charge in [-0.3, -0.25) is 4.90 Å². The van der Waals surface area contributed by atoms with Crippen LogP contribution in [0.1, 0.15) is 57.4 Å². The summed E-state index contributed by atoms with van der Waals surface area (Å²) < 4.78 is 13.0. The van der Waals surface area contributed by atoms with Crippen molar-refractivity contribution in [3.05, 3.63) is 102 Å². The van der Waals surface area contributed by atoms with Gasteiger partial charge in [-0.25, -0.2) is 4.79 Å². The molecule has 3 aromatic rings. The molecular formula is C33H43NO4SSi. The number of hydrogen-bond acceptors (Lipinski definition) is 5. The molecule has 7 heteroatoms. The minimum absolute atomic E-state index is 0.0296. The van der Waals surface area contributed by atoms with E-state index in [4.69, 9.17) is 9.16 Å². The van der Waals surface area contributed by atoms with Crippen molar-refractivity contribution in [1.29, 1.82) is 0 Å². The van der Waals surface area contributed by atoms with Crippen molar-refractivity contribution >= 4 is 26.2 Å². The minimum atomic E-state index is -2.07. The Balaban J connectivity index is 1.77. The Kier molecular flexibility index (Phi) is 8.79. The molecule has 1 heterocycles. The van der Waals surface area contributed by atoms with Crippen LogP contribution in [-0.2, 0) is 10.3 Å². The zero-order valence-electron chi connectivity index (χ0n) is 24.9. The maximum absolute atomic E-state index is 13.9. The molecule has 3 atom stereocenters. The van der Waals surface area contributed by atoms with Crippen LogP contribution in [0.3, 0.4) is 0 Å². The zero-order chi connectivity index (χ0) is 29.3. The molecule has 214 valence electrons. The van der Waals surface area contributed by atoms with Crippen molar-refractivity contribution in [2.24, 2.45) is 5.92 Å². The van der Waals surface area contributed by atoms with Crippen LogP contribution in [0, 0.1) is 5.92 Å². The van der Waals surface area contributed by atoms with Crippen LogP contribution >= 0.6 is 11.8 Å². The Morgan fingerprint density at radius 2 is 1.50 bits per heavy atom. The fourth-order valence-corrected chi connectivity index (χ4v) is 7.26. The van der Waals surface area contributed by atoms with Gasteiger partial charge in [0.25, 0.3) is 0 Å². The van der Waals surface area contributed by atoms with Crippen molar-refractivity contribution in [3.8, 4) is 5.75 Å². The highest BCUT2D eigenvalue weighted by molar-refractivity contribution is 7.99. The summed E-state index contributed by atoms with van der Waals surface area (Å²) in [5.74, 6) is 0.775. The van der Waals surface area contributed by atoms with Crippen molar-refractivity contribution in [2.45, 2.75) is 75.9 Å². The molecule has 1 aliphatic heterocycles. The Labute approximate surface area is 245 Å². The Morgan fingerprint density at radius 1 is 0.950 bits per heavy atom. The Morgan fingerprint density at radius 3 is 1.98 bits per heavy atom. The summed E-state index contributed by atoms with van der Waals surface area (Å²) >= 11 is 1.45. The third-order valence-electron chi connectivity index (χ3n) is 8.38. The van der Waals surface area contributed by atoms with Crippen molar-refractivity contribution in [1.82, 2.24) is 4.90 Å². The van der Waals surface area contributed by atoms with Gasteiger partial charge in [-0.2, -0.15) is 0 Å². The molecular weight excluding hydrogens is 535 g/mol. The topological polar surface area (TPSA) is 59.0 Å². The number of benzene rings is 3. The first-order chi connectivity index (χ1) is 18.8. The number of amides is 1. The number of cyclic esters (lactones) is 1. The first-order valence-electron chi connectivity index (χ1n) is 14.0. The van der Waals surface area contributed by atoms with E-state index >= 15 is 0 Å². The second kappa shape index (κ2) is 11.6. The first kappa shape index (κ1) is 30.2. The summed E-state index contributed by atoms with van der Waals surface area (Å²) in [6, 6.07) is 27.2. The lowest BCUT2D eigenvalue weighted by atomic mass is 9.75. The zero-order valence-corrected chi connectivity index (χ0v) is 26.7. The number of nitrogens with zero attached hydrogens (tertiary/aromatic N) is 1. The van der Waals surface area contributed by atoms with E-state index in [-0.39, 0.29) is 17.0 Å². The summed E-state index contributed by atoms with van der Waals surface area (Å²) in [5.41, 5.74) is 1.52. The van der Waals surface area contributed by atoms with Gasteiger partial charge < -0.3 is 14.3 Å². The average Bonchev–Trinajstić information content (AvgIpc) is 3.23. The standard InChI is InChI=1S/C33H43NO4SSi/c1-23(2)29-33(25-17-11-9-12-18-25,26-19-13-10-14-20-26)37-31(36)34(29)30(39-6)28(35)24-16-15-21-27(22-24)38-40(7,8)32(3,4)5/h9-23,28-30,35H,1-8H3/t28-,29-,30-/m0/s1. The molecule has 0 radical (unpaired) electrons. The predicted molar refractivity (Wildman–Crippen MR) is 167 cm³/mol. The number of ether oxygens (including phenoxy) is 1. The summed E-state index contributed by atoms with van der Waals surface area (Å²) in [7, 11) is -2.07. The van der Waals surface area contributed by atoms with Gasteiger partial charge in [0.1, 0.15) is 17.2 Å². The lowest BCUT2D eigenvalue weighted by Gasteiger charge is -2.41.